The number of amidine groups is 1. The number of hydrogen-bond acceptors (Lipinski definition) is 3. The van der Waals surface area contributed by atoms with Gasteiger partial charge in [0.15, 0.2) is 0 Å². The Morgan fingerprint density at radius 1 is 1.44 bits per heavy atom. The van der Waals surface area contributed by atoms with Crippen molar-refractivity contribution >= 4 is 11.5 Å². The van der Waals surface area contributed by atoms with Gasteiger partial charge in [0.25, 0.3) is 0 Å². The average Bonchev–Trinajstić information content (AvgIpc) is 2.76. The summed E-state index contributed by atoms with van der Waals surface area (Å²) < 4.78 is 0. The predicted octanol–water partition coefficient (Wildman–Crippen LogP) is 1.50. The van der Waals surface area contributed by atoms with Crippen molar-refractivity contribution in [3.63, 3.8) is 0 Å². The molecule has 0 aromatic heterocycles. The fraction of sp³-hybridized carbons (Fsp3) is 0.500. The van der Waals surface area contributed by atoms with E-state index in [4.69, 9.17) is 11.1 Å². The van der Waals surface area contributed by atoms with Crippen LogP contribution < -0.4 is 10.6 Å². The highest BCUT2D eigenvalue weighted by Gasteiger charge is 2.26. The second-order valence-corrected chi connectivity index (χ2v) is 5.18. The summed E-state index contributed by atoms with van der Waals surface area (Å²) in [4.78, 5) is 4.62. The Bertz CT molecular complexity index is 428. The fourth-order valence-corrected chi connectivity index (χ4v) is 2.72. The maximum atomic E-state index is 7.69. The molecule has 1 fully saturated rings. The molecule has 4 nitrogen and oxygen atoms in total. The van der Waals surface area contributed by atoms with E-state index in [0.717, 1.165) is 24.3 Å². The lowest BCUT2D eigenvalue weighted by atomic mass is 10.1. The van der Waals surface area contributed by atoms with Gasteiger partial charge in [0.05, 0.1) is 0 Å². The topological polar surface area (TPSA) is 56.4 Å². The Kier molecular flexibility index (Phi) is 3.87. The maximum absolute atomic E-state index is 7.69. The van der Waals surface area contributed by atoms with Gasteiger partial charge in [0.1, 0.15) is 5.84 Å². The molecule has 0 amide bonds. The van der Waals surface area contributed by atoms with Crippen molar-refractivity contribution in [1.29, 1.82) is 5.41 Å². The van der Waals surface area contributed by atoms with Crippen LogP contribution in [0.5, 0.6) is 0 Å². The van der Waals surface area contributed by atoms with Crippen LogP contribution in [0.3, 0.4) is 0 Å². The van der Waals surface area contributed by atoms with E-state index in [0.29, 0.717) is 6.04 Å². The van der Waals surface area contributed by atoms with Crippen LogP contribution >= 0.6 is 0 Å². The molecule has 2 rings (SSSR count). The van der Waals surface area contributed by atoms with E-state index < -0.39 is 0 Å². The molecule has 1 aliphatic rings. The third kappa shape index (κ3) is 2.64. The van der Waals surface area contributed by atoms with Crippen LogP contribution in [0.4, 0.5) is 5.69 Å². The normalized spacial score (nSPS) is 19.5. The lowest BCUT2D eigenvalue weighted by Crippen LogP contribution is -2.38. The minimum absolute atomic E-state index is 0.154. The predicted molar refractivity (Wildman–Crippen MR) is 76.4 cm³/mol. The largest absolute Gasteiger partial charge is 0.384 e. The van der Waals surface area contributed by atoms with Crippen LogP contribution in [0.1, 0.15) is 18.4 Å². The average molecular weight is 246 g/mol. The molecule has 1 aromatic carbocycles. The third-order valence-electron chi connectivity index (χ3n) is 3.46. The highest BCUT2D eigenvalue weighted by Crippen LogP contribution is 2.28. The first kappa shape index (κ1) is 12.9. The molecule has 98 valence electrons. The Morgan fingerprint density at radius 3 is 2.83 bits per heavy atom. The standard InChI is InChI=1S/C14H22N4/c1-17(2)10-11-6-5-9-18(11)13-8-4-3-7-12(13)14(15)16/h3-4,7-8,11H,5-6,9-10H2,1-2H3,(H3,15,16). The van der Waals surface area contributed by atoms with Gasteiger partial charge in [0.2, 0.25) is 0 Å². The van der Waals surface area contributed by atoms with E-state index in [1.54, 1.807) is 0 Å². The molecule has 3 N–H and O–H groups in total. The summed E-state index contributed by atoms with van der Waals surface area (Å²) in [6.45, 7) is 2.11. The van der Waals surface area contributed by atoms with Gasteiger partial charge >= 0.3 is 0 Å². The van der Waals surface area contributed by atoms with Gasteiger partial charge in [-0.05, 0) is 39.1 Å². The van der Waals surface area contributed by atoms with Crippen LogP contribution in [0.25, 0.3) is 0 Å². The second-order valence-electron chi connectivity index (χ2n) is 5.18. The molecular weight excluding hydrogens is 224 g/mol. The van der Waals surface area contributed by atoms with E-state index in [1.165, 1.54) is 12.8 Å². The van der Waals surface area contributed by atoms with E-state index in [2.05, 4.69) is 30.0 Å². The number of nitrogen functional groups attached to an aromatic ring is 1. The molecule has 0 saturated carbocycles. The SMILES string of the molecule is CN(C)CC1CCCN1c1ccccc1C(=N)N. The van der Waals surface area contributed by atoms with Gasteiger partial charge in [-0.15, -0.1) is 0 Å². The molecule has 0 spiro atoms. The minimum atomic E-state index is 0.154. The van der Waals surface area contributed by atoms with Crippen molar-refractivity contribution in [3.8, 4) is 0 Å². The van der Waals surface area contributed by atoms with Crippen molar-refractivity contribution in [2.24, 2.45) is 5.73 Å². The minimum Gasteiger partial charge on any atom is -0.384 e. The molecule has 1 atom stereocenters. The number of anilines is 1. The summed E-state index contributed by atoms with van der Waals surface area (Å²) in [5.74, 6) is 0.154. The van der Waals surface area contributed by atoms with Crippen molar-refractivity contribution in [2.75, 3.05) is 32.1 Å². The Labute approximate surface area is 109 Å². The number of para-hydroxylation sites is 1. The Hall–Kier alpha value is -1.55. The van der Waals surface area contributed by atoms with E-state index in [1.807, 2.05) is 18.2 Å². The number of nitrogens with one attached hydrogen (secondary N) is 1. The lowest BCUT2D eigenvalue weighted by molar-refractivity contribution is 0.372. The molecule has 1 aliphatic heterocycles. The lowest BCUT2D eigenvalue weighted by Gasteiger charge is -2.30. The van der Waals surface area contributed by atoms with Crippen LogP contribution in [0.15, 0.2) is 24.3 Å². The van der Waals surface area contributed by atoms with Gasteiger partial charge in [-0.1, -0.05) is 12.1 Å². The number of hydrogen-bond donors (Lipinski definition) is 2. The summed E-state index contributed by atoms with van der Waals surface area (Å²) in [6, 6.07) is 8.50. The molecule has 1 unspecified atom stereocenters. The summed E-state index contributed by atoms with van der Waals surface area (Å²) in [6.07, 6.45) is 2.43. The molecular formula is C14H22N4. The third-order valence-corrected chi connectivity index (χ3v) is 3.46. The second kappa shape index (κ2) is 5.40. The first-order valence-corrected chi connectivity index (χ1v) is 6.44. The zero-order valence-electron chi connectivity index (χ0n) is 11.2. The molecule has 0 aliphatic carbocycles. The summed E-state index contributed by atoms with van der Waals surface area (Å²) in [5.41, 5.74) is 7.63. The van der Waals surface area contributed by atoms with E-state index >= 15 is 0 Å². The first-order valence-electron chi connectivity index (χ1n) is 6.44. The molecule has 1 heterocycles. The maximum Gasteiger partial charge on any atom is 0.124 e. The zero-order valence-corrected chi connectivity index (χ0v) is 11.2. The monoisotopic (exact) mass is 246 g/mol. The Morgan fingerprint density at radius 2 is 2.17 bits per heavy atom. The van der Waals surface area contributed by atoms with Crippen molar-refractivity contribution in [1.82, 2.24) is 4.90 Å². The smallest absolute Gasteiger partial charge is 0.124 e. The molecule has 18 heavy (non-hydrogen) atoms. The van der Waals surface area contributed by atoms with E-state index in [-0.39, 0.29) is 5.84 Å². The molecule has 1 aromatic rings. The highest BCUT2D eigenvalue weighted by molar-refractivity contribution is 6.00. The number of rotatable bonds is 4. The van der Waals surface area contributed by atoms with E-state index in [9.17, 15) is 0 Å². The number of likely N-dealkylation sites (N-methyl/N-ethyl adjacent to an activating group) is 1. The van der Waals surface area contributed by atoms with Gasteiger partial charge in [-0.3, -0.25) is 5.41 Å². The van der Waals surface area contributed by atoms with Crippen molar-refractivity contribution < 1.29 is 0 Å². The van der Waals surface area contributed by atoms with Gasteiger partial charge < -0.3 is 15.5 Å². The fourth-order valence-electron chi connectivity index (χ4n) is 2.72. The van der Waals surface area contributed by atoms with Crippen LogP contribution in [-0.2, 0) is 0 Å². The zero-order chi connectivity index (χ0) is 13.1. The van der Waals surface area contributed by atoms with Crippen LogP contribution in [0, 0.1) is 5.41 Å². The van der Waals surface area contributed by atoms with Gasteiger partial charge in [-0.25, -0.2) is 0 Å². The molecule has 1 saturated heterocycles. The Balaban J connectivity index is 2.27. The quantitative estimate of drug-likeness (QED) is 0.625. The van der Waals surface area contributed by atoms with Crippen LogP contribution in [0.2, 0.25) is 0 Å². The van der Waals surface area contributed by atoms with Gasteiger partial charge in [-0.2, -0.15) is 0 Å². The summed E-state index contributed by atoms with van der Waals surface area (Å²) >= 11 is 0. The van der Waals surface area contributed by atoms with Crippen molar-refractivity contribution in [3.05, 3.63) is 29.8 Å². The number of nitrogens with two attached hydrogens (primary N) is 1. The van der Waals surface area contributed by atoms with Crippen molar-refractivity contribution in [2.45, 2.75) is 18.9 Å². The van der Waals surface area contributed by atoms with Crippen LogP contribution in [-0.4, -0.2) is 44.0 Å². The molecule has 0 radical (unpaired) electrons. The molecule has 4 heteroatoms. The first-order chi connectivity index (χ1) is 8.59. The highest BCUT2D eigenvalue weighted by atomic mass is 15.2. The van der Waals surface area contributed by atoms with Gasteiger partial charge in [0, 0.05) is 30.4 Å². The molecule has 0 bridgehead atoms. The number of nitrogens with zero attached hydrogens (tertiary/aromatic N) is 2. The number of benzene rings is 1. The summed E-state index contributed by atoms with van der Waals surface area (Å²) in [5, 5.41) is 7.69. The summed E-state index contributed by atoms with van der Waals surface area (Å²) in [7, 11) is 4.21.